The Morgan fingerprint density at radius 2 is 2.26 bits per heavy atom. The molecule has 0 radical (unpaired) electrons. The zero-order valence-corrected chi connectivity index (χ0v) is 12.4. The maximum absolute atomic E-state index is 11.8. The van der Waals surface area contributed by atoms with Gasteiger partial charge in [0.25, 0.3) is 0 Å². The molecule has 0 aromatic carbocycles. The first-order valence-electron chi connectivity index (χ1n) is 6.90. The standard InChI is InChI=1S/C14H18BrN3O/c15-12-4-1-7-16-13(12)18-8-2-3-11(9-18)17-14(19)10-5-6-10/h1,4,7,10-11H,2-3,5-6,8-9H2,(H,17,19). The average molecular weight is 324 g/mol. The van der Waals surface area contributed by atoms with E-state index < -0.39 is 0 Å². The summed E-state index contributed by atoms with van der Waals surface area (Å²) in [4.78, 5) is 18.5. The number of rotatable bonds is 3. The Morgan fingerprint density at radius 1 is 1.42 bits per heavy atom. The van der Waals surface area contributed by atoms with E-state index in [2.05, 4.69) is 31.1 Å². The van der Waals surface area contributed by atoms with Crippen LogP contribution < -0.4 is 10.2 Å². The zero-order chi connectivity index (χ0) is 13.2. The highest BCUT2D eigenvalue weighted by atomic mass is 79.9. The molecule has 2 aliphatic rings. The molecule has 3 rings (SSSR count). The summed E-state index contributed by atoms with van der Waals surface area (Å²) in [6.07, 6.45) is 6.10. The molecule has 1 saturated heterocycles. The number of hydrogen-bond acceptors (Lipinski definition) is 3. The lowest BCUT2D eigenvalue weighted by atomic mass is 10.1. The van der Waals surface area contributed by atoms with Gasteiger partial charge in [0.15, 0.2) is 0 Å². The molecule has 2 fully saturated rings. The maximum atomic E-state index is 11.8. The Labute approximate surface area is 121 Å². The van der Waals surface area contributed by atoms with Crippen molar-refractivity contribution in [1.82, 2.24) is 10.3 Å². The lowest BCUT2D eigenvalue weighted by Crippen LogP contribution is -2.48. The van der Waals surface area contributed by atoms with E-state index in [9.17, 15) is 4.79 Å². The normalized spacial score (nSPS) is 23.2. The monoisotopic (exact) mass is 323 g/mol. The third kappa shape index (κ3) is 3.08. The summed E-state index contributed by atoms with van der Waals surface area (Å²) >= 11 is 3.54. The van der Waals surface area contributed by atoms with E-state index in [-0.39, 0.29) is 17.9 Å². The molecular weight excluding hydrogens is 306 g/mol. The molecule has 1 aliphatic carbocycles. The van der Waals surface area contributed by atoms with Crippen molar-refractivity contribution in [3.63, 3.8) is 0 Å². The second kappa shape index (κ2) is 5.49. The molecule has 19 heavy (non-hydrogen) atoms. The quantitative estimate of drug-likeness (QED) is 0.928. The van der Waals surface area contributed by atoms with Gasteiger partial charge in [-0.25, -0.2) is 4.98 Å². The minimum Gasteiger partial charge on any atom is -0.354 e. The van der Waals surface area contributed by atoms with Crippen LogP contribution in [0.1, 0.15) is 25.7 Å². The summed E-state index contributed by atoms with van der Waals surface area (Å²) in [5, 5.41) is 3.18. The number of piperidine rings is 1. The Kier molecular flexibility index (Phi) is 3.73. The lowest BCUT2D eigenvalue weighted by Gasteiger charge is -2.34. The Balaban J connectivity index is 1.64. The number of pyridine rings is 1. The smallest absolute Gasteiger partial charge is 0.223 e. The first-order chi connectivity index (χ1) is 9.24. The van der Waals surface area contributed by atoms with Crippen molar-refractivity contribution in [3.8, 4) is 0 Å². The van der Waals surface area contributed by atoms with E-state index in [1.165, 1.54) is 0 Å². The van der Waals surface area contributed by atoms with Crippen molar-refractivity contribution >= 4 is 27.7 Å². The molecule has 1 aromatic heterocycles. The van der Waals surface area contributed by atoms with Gasteiger partial charge in [-0.3, -0.25) is 4.79 Å². The van der Waals surface area contributed by atoms with Crippen LogP contribution in [0.5, 0.6) is 0 Å². The number of carbonyl (C=O) groups excluding carboxylic acids is 1. The predicted molar refractivity (Wildman–Crippen MR) is 78.0 cm³/mol. The Hall–Kier alpha value is -1.10. The molecular formula is C14H18BrN3O. The summed E-state index contributed by atoms with van der Waals surface area (Å²) < 4.78 is 1.02. The van der Waals surface area contributed by atoms with Gasteiger partial charge in [-0.2, -0.15) is 0 Å². The summed E-state index contributed by atoms with van der Waals surface area (Å²) in [5.41, 5.74) is 0. The van der Waals surface area contributed by atoms with E-state index in [0.717, 1.165) is 49.1 Å². The van der Waals surface area contributed by atoms with Crippen molar-refractivity contribution in [3.05, 3.63) is 22.8 Å². The summed E-state index contributed by atoms with van der Waals surface area (Å²) in [5.74, 6) is 1.51. The van der Waals surface area contributed by atoms with Crippen LogP contribution in [-0.2, 0) is 4.79 Å². The maximum Gasteiger partial charge on any atom is 0.223 e. The highest BCUT2D eigenvalue weighted by molar-refractivity contribution is 9.10. The highest BCUT2D eigenvalue weighted by Gasteiger charge is 2.32. The molecule has 1 N–H and O–H groups in total. The van der Waals surface area contributed by atoms with E-state index in [0.29, 0.717) is 0 Å². The van der Waals surface area contributed by atoms with Crippen LogP contribution in [0.25, 0.3) is 0 Å². The molecule has 2 heterocycles. The van der Waals surface area contributed by atoms with Gasteiger partial charge in [-0.1, -0.05) is 0 Å². The molecule has 4 nitrogen and oxygen atoms in total. The first kappa shape index (κ1) is 12.9. The van der Waals surface area contributed by atoms with Crippen molar-refractivity contribution in [2.75, 3.05) is 18.0 Å². The SMILES string of the molecule is O=C(NC1CCCN(c2ncccc2Br)C1)C1CC1. The van der Waals surface area contributed by atoms with Gasteiger partial charge >= 0.3 is 0 Å². The van der Waals surface area contributed by atoms with E-state index in [4.69, 9.17) is 0 Å². The van der Waals surface area contributed by atoms with E-state index in [1.807, 2.05) is 18.3 Å². The van der Waals surface area contributed by atoms with Crippen LogP contribution in [0.15, 0.2) is 22.8 Å². The second-order valence-corrected chi connectivity index (χ2v) is 6.23. The number of nitrogens with one attached hydrogen (secondary N) is 1. The average Bonchev–Trinajstić information content (AvgIpc) is 3.24. The fourth-order valence-corrected chi connectivity index (χ4v) is 3.07. The number of amides is 1. The fraction of sp³-hybridized carbons (Fsp3) is 0.571. The number of nitrogens with zero attached hydrogens (tertiary/aromatic N) is 2. The molecule has 1 atom stereocenters. The van der Waals surface area contributed by atoms with Crippen LogP contribution in [-0.4, -0.2) is 30.0 Å². The van der Waals surface area contributed by atoms with Gasteiger partial charge in [0.1, 0.15) is 5.82 Å². The molecule has 1 saturated carbocycles. The van der Waals surface area contributed by atoms with Crippen LogP contribution in [0.4, 0.5) is 5.82 Å². The number of carbonyl (C=O) groups is 1. The van der Waals surface area contributed by atoms with Gasteiger partial charge in [-0.05, 0) is 53.7 Å². The first-order valence-corrected chi connectivity index (χ1v) is 7.69. The molecule has 1 amide bonds. The van der Waals surface area contributed by atoms with Gasteiger partial charge in [-0.15, -0.1) is 0 Å². The molecule has 1 unspecified atom stereocenters. The predicted octanol–water partition coefficient (Wildman–Crippen LogP) is 2.34. The van der Waals surface area contributed by atoms with Crippen LogP contribution in [0, 0.1) is 5.92 Å². The minimum atomic E-state index is 0.243. The van der Waals surface area contributed by atoms with Crippen molar-refractivity contribution in [1.29, 1.82) is 0 Å². The third-order valence-corrected chi connectivity index (χ3v) is 4.37. The lowest BCUT2D eigenvalue weighted by molar-refractivity contribution is -0.123. The van der Waals surface area contributed by atoms with Crippen LogP contribution >= 0.6 is 15.9 Å². The Bertz CT molecular complexity index is 476. The van der Waals surface area contributed by atoms with Gasteiger partial charge < -0.3 is 10.2 Å². The molecule has 102 valence electrons. The largest absolute Gasteiger partial charge is 0.354 e. The number of halogens is 1. The summed E-state index contributed by atoms with van der Waals surface area (Å²) in [6, 6.07) is 4.19. The fourth-order valence-electron chi connectivity index (χ4n) is 2.56. The number of aromatic nitrogens is 1. The zero-order valence-electron chi connectivity index (χ0n) is 10.8. The topological polar surface area (TPSA) is 45.2 Å². The molecule has 5 heteroatoms. The van der Waals surface area contributed by atoms with Crippen molar-refractivity contribution in [2.24, 2.45) is 5.92 Å². The second-order valence-electron chi connectivity index (χ2n) is 5.38. The summed E-state index contributed by atoms with van der Waals surface area (Å²) in [6.45, 7) is 1.86. The summed E-state index contributed by atoms with van der Waals surface area (Å²) in [7, 11) is 0. The van der Waals surface area contributed by atoms with Gasteiger partial charge in [0.05, 0.1) is 4.47 Å². The van der Waals surface area contributed by atoms with E-state index >= 15 is 0 Å². The third-order valence-electron chi connectivity index (χ3n) is 3.75. The van der Waals surface area contributed by atoms with Crippen molar-refractivity contribution in [2.45, 2.75) is 31.7 Å². The van der Waals surface area contributed by atoms with E-state index in [1.54, 1.807) is 0 Å². The highest BCUT2D eigenvalue weighted by Crippen LogP contribution is 2.30. The van der Waals surface area contributed by atoms with Gasteiger partial charge in [0.2, 0.25) is 5.91 Å². The van der Waals surface area contributed by atoms with Crippen LogP contribution in [0.3, 0.4) is 0 Å². The Morgan fingerprint density at radius 3 is 3.00 bits per heavy atom. The number of anilines is 1. The van der Waals surface area contributed by atoms with Gasteiger partial charge in [0, 0.05) is 31.2 Å². The molecule has 1 aromatic rings. The van der Waals surface area contributed by atoms with Crippen molar-refractivity contribution < 1.29 is 4.79 Å². The molecule has 0 spiro atoms. The molecule has 0 bridgehead atoms. The van der Waals surface area contributed by atoms with Crippen LogP contribution in [0.2, 0.25) is 0 Å². The molecule has 1 aliphatic heterocycles. The minimum absolute atomic E-state index is 0.243. The number of hydrogen-bond donors (Lipinski definition) is 1.